The Hall–Kier alpha value is -2.19. The zero-order valence-corrected chi connectivity index (χ0v) is 11.6. The van der Waals surface area contributed by atoms with Crippen molar-refractivity contribution in [2.24, 2.45) is 0 Å². The molecule has 4 N–H and O–H groups in total. The van der Waals surface area contributed by atoms with Crippen LogP contribution in [0.4, 0.5) is 0 Å². The van der Waals surface area contributed by atoms with Gasteiger partial charge in [-0.1, -0.05) is 6.58 Å². The molecule has 0 amide bonds. The van der Waals surface area contributed by atoms with Gasteiger partial charge >= 0.3 is 17.9 Å². The van der Waals surface area contributed by atoms with Crippen LogP contribution in [0.15, 0.2) is 24.3 Å². The second kappa shape index (κ2) is 14.9. The van der Waals surface area contributed by atoms with Crippen molar-refractivity contribution in [1.29, 1.82) is 0 Å². The van der Waals surface area contributed by atoms with Gasteiger partial charge in [-0.05, 0) is 13.8 Å². The first-order valence-corrected chi connectivity index (χ1v) is 5.25. The minimum Gasteiger partial charge on any atom is -0.478 e. The van der Waals surface area contributed by atoms with Gasteiger partial charge in [-0.15, -0.1) is 0 Å². The predicted molar refractivity (Wildman–Crippen MR) is 70.0 cm³/mol. The van der Waals surface area contributed by atoms with Crippen molar-refractivity contribution in [3.8, 4) is 0 Å². The summed E-state index contributed by atoms with van der Waals surface area (Å²) in [5.41, 5.74) is 0.433. The molecule has 0 aromatic carbocycles. The molecular formula is C12H20O8. The Morgan fingerprint density at radius 1 is 1.20 bits per heavy atom. The highest BCUT2D eigenvalue weighted by Gasteiger charge is 1.95. The van der Waals surface area contributed by atoms with Crippen LogP contribution >= 0.6 is 0 Å². The van der Waals surface area contributed by atoms with Gasteiger partial charge in [0, 0.05) is 17.7 Å². The number of aliphatic carboxylic acids is 2. The van der Waals surface area contributed by atoms with Crippen LogP contribution in [0, 0.1) is 0 Å². The second-order valence-corrected chi connectivity index (χ2v) is 3.31. The number of esters is 1. The van der Waals surface area contributed by atoms with E-state index in [0.717, 1.165) is 0 Å². The van der Waals surface area contributed by atoms with Crippen molar-refractivity contribution in [3.05, 3.63) is 24.3 Å². The Morgan fingerprint density at radius 2 is 1.50 bits per heavy atom. The Balaban J connectivity index is -0.000000223. The third-order valence-electron chi connectivity index (χ3n) is 1.17. The molecule has 0 saturated carbocycles. The van der Waals surface area contributed by atoms with E-state index in [1.54, 1.807) is 6.92 Å². The zero-order chi connectivity index (χ0) is 16.7. The van der Waals surface area contributed by atoms with Crippen LogP contribution in [0.3, 0.4) is 0 Å². The molecular weight excluding hydrogens is 272 g/mol. The van der Waals surface area contributed by atoms with E-state index < -0.39 is 18.0 Å². The summed E-state index contributed by atoms with van der Waals surface area (Å²) in [5.74, 6) is -2.86. The fourth-order valence-electron chi connectivity index (χ4n) is 0.317. The molecule has 0 spiro atoms. The summed E-state index contributed by atoms with van der Waals surface area (Å²) in [5, 5.41) is 31.6. The summed E-state index contributed by atoms with van der Waals surface area (Å²) in [6.45, 7) is 6.34. The van der Waals surface area contributed by atoms with Crippen molar-refractivity contribution in [2.45, 2.75) is 20.0 Å². The molecule has 0 aliphatic heterocycles. The summed E-state index contributed by atoms with van der Waals surface area (Å²) >= 11 is 0. The third kappa shape index (κ3) is 29.7. The number of hydrogen-bond donors (Lipinski definition) is 4. The van der Waals surface area contributed by atoms with Gasteiger partial charge in [-0.25, -0.2) is 14.4 Å². The average Bonchev–Trinajstić information content (AvgIpc) is 2.36. The van der Waals surface area contributed by atoms with Gasteiger partial charge in [0.1, 0.15) is 0 Å². The lowest BCUT2D eigenvalue weighted by atomic mass is 10.4. The normalized spacial score (nSPS) is 10.2. The Morgan fingerprint density at radius 3 is 1.55 bits per heavy atom. The summed E-state index contributed by atoms with van der Waals surface area (Å²) in [6, 6.07) is 0. The van der Waals surface area contributed by atoms with Crippen molar-refractivity contribution in [2.75, 3.05) is 13.7 Å². The lowest BCUT2D eigenvalue weighted by Gasteiger charge is -1.91. The molecule has 0 radical (unpaired) electrons. The van der Waals surface area contributed by atoms with E-state index in [0.29, 0.717) is 17.7 Å². The molecule has 0 aliphatic carbocycles. The van der Waals surface area contributed by atoms with Crippen LogP contribution < -0.4 is 0 Å². The average molecular weight is 292 g/mol. The van der Waals surface area contributed by atoms with E-state index in [1.165, 1.54) is 14.0 Å². The van der Waals surface area contributed by atoms with E-state index >= 15 is 0 Å². The molecule has 0 heterocycles. The molecule has 0 bridgehead atoms. The van der Waals surface area contributed by atoms with Gasteiger partial charge in [0.2, 0.25) is 0 Å². The number of carboxylic acids is 2. The fraction of sp³-hybridized carbons (Fsp3) is 0.417. The molecule has 0 aromatic heterocycles. The number of aliphatic hydroxyl groups excluding tert-OH is 2. The van der Waals surface area contributed by atoms with E-state index in [-0.39, 0.29) is 12.6 Å². The highest BCUT2D eigenvalue weighted by Crippen LogP contribution is 1.87. The van der Waals surface area contributed by atoms with Crippen LogP contribution in [-0.2, 0) is 19.1 Å². The topological polar surface area (TPSA) is 141 Å². The monoisotopic (exact) mass is 292 g/mol. The van der Waals surface area contributed by atoms with Gasteiger partial charge in [-0.2, -0.15) is 0 Å². The first-order valence-electron chi connectivity index (χ1n) is 5.25. The number of carboxylic acid groups (broad SMARTS) is 2. The third-order valence-corrected chi connectivity index (χ3v) is 1.17. The number of methoxy groups -OCH3 is 1. The second-order valence-electron chi connectivity index (χ2n) is 3.31. The van der Waals surface area contributed by atoms with Gasteiger partial charge in [0.05, 0.1) is 19.8 Å². The largest absolute Gasteiger partial charge is 0.478 e. The van der Waals surface area contributed by atoms with E-state index in [2.05, 4.69) is 11.3 Å². The molecule has 8 heteroatoms. The predicted octanol–water partition coefficient (Wildman–Crippen LogP) is -0.193. The van der Waals surface area contributed by atoms with Crippen LogP contribution in [0.25, 0.3) is 0 Å². The first-order chi connectivity index (χ1) is 9.08. The molecule has 1 unspecified atom stereocenters. The maximum absolute atomic E-state index is 10.2. The van der Waals surface area contributed by atoms with E-state index in [4.69, 9.17) is 20.4 Å². The molecule has 0 fully saturated rings. The SMILES string of the molecule is C=C(C)C(=O)OC.CC(O)CO.O=C(O)C=CC(=O)O. The van der Waals surface area contributed by atoms with Gasteiger partial charge in [0.25, 0.3) is 0 Å². The van der Waals surface area contributed by atoms with Crippen LogP contribution in [0.2, 0.25) is 0 Å². The molecule has 20 heavy (non-hydrogen) atoms. The minimum absolute atomic E-state index is 0.139. The van der Waals surface area contributed by atoms with Crippen molar-refractivity contribution < 1.29 is 39.5 Å². The summed E-state index contributed by atoms with van der Waals surface area (Å²) < 4.78 is 4.27. The molecule has 116 valence electrons. The maximum Gasteiger partial charge on any atom is 0.332 e. The number of carbonyl (C=O) groups excluding carboxylic acids is 1. The lowest BCUT2D eigenvalue weighted by molar-refractivity contribution is -0.136. The van der Waals surface area contributed by atoms with Crippen molar-refractivity contribution >= 4 is 17.9 Å². The maximum atomic E-state index is 10.2. The van der Waals surface area contributed by atoms with Crippen LogP contribution in [0.5, 0.6) is 0 Å². The minimum atomic E-state index is -1.26. The molecule has 0 saturated heterocycles. The zero-order valence-electron chi connectivity index (χ0n) is 11.6. The van der Waals surface area contributed by atoms with Crippen LogP contribution in [-0.4, -0.2) is 58.2 Å². The van der Waals surface area contributed by atoms with Crippen LogP contribution in [0.1, 0.15) is 13.8 Å². The van der Waals surface area contributed by atoms with Gasteiger partial charge < -0.3 is 25.2 Å². The Kier molecular flexibility index (Phi) is 17.1. The fourth-order valence-corrected chi connectivity index (χ4v) is 0.317. The van der Waals surface area contributed by atoms with Crippen molar-refractivity contribution in [1.82, 2.24) is 0 Å². The number of carbonyl (C=O) groups is 3. The number of rotatable bonds is 4. The standard InChI is InChI=1S/C5H8O2.C4H4O4.C3H8O2/c1-4(2)5(6)7-3;5-3(6)1-2-4(7)8;1-3(5)2-4/h1H2,2-3H3;1-2H,(H,5,6)(H,7,8);3-5H,2H2,1H3. The van der Waals surface area contributed by atoms with Gasteiger partial charge in [0.15, 0.2) is 0 Å². The molecule has 0 aliphatic rings. The molecule has 0 aromatic rings. The molecule has 8 nitrogen and oxygen atoms in total. The Bertz CT molecular complexity index is 327. The number of aliphatic hydroxyl groups is 2. The summed E-state index contributed by atoms with van der Waals surface area (Å²) in [7, 11) is 1.33. The highest BCUT2D eigenvalue weighted by atomic mass is 16.5. The van der Waals surface area contributed by atoms with Gasteiger partial charge in [-0.3, -0.25) is 0 Å². The lowest BCUT2D eigenvalue weighted by Crippen LogP contribution is -2.03. The smallest absolute Gasteiger partial charge is 0.332 e. The highest BCUT2D eigenvalue weighted by molar-refractivity contribution is 5.89. The number of hydrogen-bond acceptors (Lipinski definition) is 6. The quantitative estimate of drug-likeness (QED) is 0.412. The first kappa shape index (κ1) is 22.9. The van der Waals surface area contributed by atoms with E-state index in [9.17, 15) is 14.4 Å². The number of ether oxygens (including phenoxy) is 1. The molecule has 1 atom stereocenters. The van der Waals surface area contributed by atoms with Crippen molar-refractivity contribution in [3.63, 3.8) is 0 Å². The molecule has 0 rings (SSSR count). The summed E-state index contributed by atoms with van der Waals surface area (Å²) in [6.07, 6.45) is 0.556. The summed E-state index contributed by atoms with van der Waals surface area (Å²) in [4.78, 5) is 29.3. The Labute approximate surface area is 116 Å². The van der Waals surface area contributed by atoms with E-state index in [1.807, 2.05) is 0 Å².